The van der Waals surface area contributed by atoms with Gasteiger partial charge in [0.1, 0.15) is 6.10 Å². The molecule has 0 aromatic carbocycles. The number of halogens is 1. The van der Waals surface area contributed by atoms with Crippen LogP contribution < -0.4 is 0 Å². The number of aliphatic hydroxyl groups excluding tert-OH is 1. The molecule has 5 heteroatoms. The van der Waals surface area contributed by atoms with Gasteiger partial charge in [-0.1, -0.05) is 0 Å². The molecule has 16 heavy (non-hydrogen) atoms. The van der Waals surface area contributed by atoms with E-state index in [0.29, 0.717) is 25.1 Å². The molecule has 0 saturated carbocycles. The highest BCUT2D eigenvalue weighted by Crippen LogP contribution is 2.34. The van der Waals surface area contributed by atoms with Crippen LogP contribution in [0.5, 0.6) is 0 Å². The lowest BCUT2D eigenvalue weighted by Crippen LogP contribution is -2.54. The number of rotatable bonds is 3. The molecule has 2 heterocycles. The maximum absolute atomic E-state index is 11.9. The van der Waals surface area contributed by atoms with Gasteiger partial charge in [0, 0.05) is 24.8 Å². The number of Topliss-reactive ketones (excluding diaryl/α,β-unsaturated/α-hetero) is 1. The lowest BCUT2D eigenvalue weighted by atomic mass is 9.98. The number of piperidine rings is 1. The normalized spacial score (nSPS) is 33.2. The van der Waals surface area contributed by atoms with Gasteiger partial charge < -0.3 is 10.0 Å². The number of hydrogen-bond acceptors (Lipinski definition) is 3. The van der Waals surface area contributed by atoms with Gasteiger partial charge in [0.15, 0.2) is 5.78 Å². The van der Waals surface area contributed by atoms with Crippen LogP contribution >= 0.6 is 11.6 Å². The van der Waals surface area contributed by atoms with E-state index in [9.17, 15) is 14.7 Å². The first-order valence-electron chi connectivity index (χ1n) is 5.73. The van der Waals surface area contributed by atoms with Crippen LogP contribution in [0.1, 0.15) is 32.1 Å². The Morgan fingerprint density at radius 3 is 2.94 bits per heavy atom. The molecule has 2 saturated heterocycles. The molecule has 0 spiro atoms. The lowest BCUT2D eigenvalue weighted by molar-refractivity contribution is -0.146. The zero-order valence-electron chi connectivity index (χ0n) is 9.06. The van der Waals surface area contributed by atoms with E-state index in [1.807, 2.05) is 0 Å². The van der Waals surface area contributed by atoms with Crippen LogP contribution in [0.15, 0.2) is 0 Å². The molecule has 2 rings (SSSR count). The SMILES string of the molecule is O=C1C[C@@H]2CC[C@H]([C@H]1O)N2C(=O)CCCCl. The Bertz CT molecular complexity index is 308. The topological polar surface area (TPSA) is 57.6 Å². The number of alkyl halides is 1. The second kappa shape index (κ2) is 4.72. The first-order valence-corrected chi connectivity index (χ1v) is 6.26. The Kier molecular flexibility index (Phi) is 3.50. The number of carbonyl (C=O) groups excluding carboxylic acids is 2. The molecule has 2 bridgehead atoms. The number of nitrogens with zero attached hydrogens (tertiary/aromatic N) is 1. The maximum atomic E-state index is 11.9. The van der Waals surface area contributed by atoms with E-state index in [1.165, 1.54) is 0 Å². The van der Waals surface area contributed by atoms with Crippen LogP contribution in [0.25, 0.3) is 0 Å². The predicted octanol–water partition coefficient (Wildman–Crippen LogP) is 0.699. The smallest absolute Gasteiger partial charge is 0.223 e. The van der Waals surface area contributed by atoms with E-state index in [-0.39, 0.29) is 23.8 Å². The minimum Gasteiger partial charge on any atom is -0.383 e. The van der Waals surface area contributed by atoms with Gasteiger partial charge in [0.25, 0.3) is 0 Å². The zero-order valence-corrected chi connectivity index (χ0v) is 9.82. The number of aliphatic hydroxyl groups is 1. The minimum absolute atomic E-state index is 0.0173. The monoisotopic (exact) mass is 245 g/mol. The fourth-order valence-corrected chi connectivity index (χ4v) is 2.86. The van der Waals surface area contributed by atoms with Gasteiger partial charge in [0.2, 0.25) is 5.91 Å². The third-order valence-electron chi connectivity index (χ3n) is 3.49. The first kappa shape index (κ1) is 11.9. The minimum atomic E-state index is -0.973. The van der Waals surface area contributed by atoms with Gasteiger partial charge in [0.05, 0.1) is 6.04 Å². The van der Waals surface area contributed by atoms with Crippen molar-refractivity contribution in [1.29, 1.82) is 0 Å². The highest BCUT2D eigenvalue weighted by molar-refractivity contribution is 6.17. The highest BCUT2D eigenvalue weighted by Gasteiger charge is 2.47. The number of hydrogen-bond donors (Lipinski definition) is 1. The van der Waals surface area contributed by atoms with Crippen molar-refractivity contribution in [3.63, 3.8) is 0 Å². The second-order valence-corrected chi connectivity index (χ2v) is 4.89. The molecule has 0 unspecified atom stereocenters. The van der Waals surface area contributed by atoms with E-state index in [1.54, 1.807) is 4.90 Å². The van der Waals surface area contributed by atoms with E-state index in [4.69, 9.17) is 11.6 Å². The summed E-state index contributed by atoms with van der Waals surface area (Å²) in [6, 6.07) is -0.266. The number of ketones is 1. The van der Waals surface area contributed by atoms with Gasteiger partial charge in [-0.2, -0.15) is 0 Å². The molecule has 0 radical (unpaired) electrons. The average molecular weight is 246 g/mol. The highest BCUT2D eigenvalue weighted by atomic mass is 35.5. The fourth-order valence-electron chi connectivity index (χ4n) is 2.73. The molecule has 2 aliphatic rings. The van der Waals surface area contributed by atoms with Crippen LogP contribution in [-0.4, -0.2) is 45.8 Å². The summed E-state index contributed by atoms with van der Waals surface area (Å²) < 4.78 is 0. The van der Waals surface area contributed by atoms with Gasteiger partial charge in [-0.3, -0.25) is 9.59 Å². The Morgan fingerprint density at radius 2 is 2.25 bits per heavy atom. The van der Waals surface area contributed by atoms with Gasteiger partial charge in [-0.05, 0) is 19.3 Å². The Balaban J connectivity index is 2.06. The Hall–Kier alpha value is -0.610. The van der Waals surface area contributed by atoms with Crippen molar-refractivity contribution in [2.24, 2.45) is 0 Å². The van der Waals surface area contributed by atoms with Gasteiger partial charge in [-0.25, -0.2) is 0 Å². The van der Waals surface area contributed by atoms with Gasteiger partial charge in [-0.15, -0.1) is 11.6 Å². The molecule has 0 aromatic rings. The van der Waals surface area contributed by atoms with Crippen molar-refractivity contribution < 1.29 is 14.7 Å². The summed E-state index contributed by atoms with van der Waals surface area (Å²) in [6.07, 6.45) is 1.98. The molecule has 1 N–H and O–H groups in total. The molecule has 4 nitrogen and oxygen atoms in total. The molecule has 3 atom stereocenters. The zero-order chi connectivity index (χ0) is 11.7. The molecule has 2 aliphatic heterocycles. The van der Waals surface area contributed by atoms with Crippen molar-refractivity contribution >= 4 is 23.3 Å². The predicted molar refractivity (Wildman–Crippen MR) is 59.2 cm³/mol. The summed E-state index contributed by atoms with van der Waals surface area (Å²) in [5, 5.41) is 9.74. The van der Waals surface area contributed by atoms with Crippen LogP contribution in [0.4, 0.5) is 0 Å². The van der Waals surface area contributed by atoms with E-state index < -0.39 is 6.10 Å². The van der Waals surface area contributed by atoms with Crippen molar-refractivity contribution in [2.45, 2.75) is 50.3 Å². The number of carbonyl (C=O) groups is 2. The third-order valence-corrected chi connectivity index (χ3v) is 3.76. The standard InChI is InChI=1S/C11H16ClNO3/c12-5-1-2-10(15)13-7-3-4-8(13)11(16)9(14)6-7/h7-8,11,16H,1-6H2/t7-,8+,11+/m0/s1. The van der Waals surface area contributed by atoms with Crippen molar-refractivity contribution in [3.05, 3.63) is 0 Å². The van der Waals surface area contributed by atoms with Crippen LogP contribution in [0, 0.1) is 0 Å². The molecular formula is C11H16ClNO3. The molecule has 0 aliphatic carbocycles. The summed E-state index contributed by atoms with van der Waals surface area (Å²) >= 11 is 5.55. The molecule has 90 valence electrons. The van der Waals surface area contributed by atoms with Crippen LogP contribution in [0.2, 0.25) is 0 Å². The van der Waals surface area contributed by atoms with Crippen molar-refractivity contribution in [2.75, 3.05) is 5.88 Å². The quantitative estimate of drug-likeness (QED) is 0.745. The molecule has 0 aromatic heterocycles. The fraction of sp³-hybridized carbons (Fsp3) is 0.818. The first-order chi connectivity index (χ1) is 7.65. The van der Waals surface area contributed by atoms with E-state index >= 15 is 0 Å². The molecular weight excluding hydrogens is 230 g/mol. The summed E-state index contributed by atoms with van der Waals surface area (Å²) in [5.74, 6) is 0.379. The third kappa shape index (κ3) is 1.96. The van der Waals surface area contributed by atoms with E-state index in [0.717, 1.165) is 12.8 Å². The summed E-state index contributed by atoms with van der Waals surface area (Å²) in [5.41, 5.74) is 0. The van der Waals surface area contributed by atoms with Crippen molar-refractivity contribution in [1.82, 2.24) is 4.90 Å². The van der Waals surface area contributed by atoms with Crippen LogP contribution in [-0.2, 0) is 9.59 Å². The van der Waals surface area contributed by atoms with Gasteiger partial charge >= 0.3 is 0 Å². The van der Waals surface area contributed by atoms with Crippen molar-refractivity contribution in [3.8, 4) is 0 Å². The average Bonchev–Trinajstić information content (AvgIpc) is 2.62. The second-order valence-electron chi connectivity index (χ2n) is 4.51. The summed E-state index contributed by atoms with van der Waals surface area (Å²) in [6.45, 7) is 0. The number of fused-ring (bicyclic) bond motifs is 2. The molecule has 2 fully saturated rings. The Labute approximate surface area is 99.6 Å². The molecule has 1 amide bonds. The maximum Gasteiger partial charge on any atom is 0.223 e. The van der Waals surface area contributed by atoms with Crippen LogP contribution in [0.3, 0.4) is 0 Å². The summed E-state index contributed by atoms with van der Waals surface area (Å²) in [4.78, 5) is 25.1. The van der Waals surface area contributed by atoms with E-state index in [2.05, 4.69) is 0 Å². The number of amides is 1. The summed E-state index contributed by atoms with van der Waals surface area (Å²) in [7, 11) is 0. The Morgan fingerprint density at radius 1 is 1.50 bits per heavy atom. The lowest BCUT2D eigenvalue weighted by Gasteiger charge is -2.37. The largest absolute Gasteiger partial charge is 0.383 e.